The fourth-order valence-corrected chi connectivity index (χ4v) is 2.92. The molecule has 5 heteroatoms. The van der Waals surface area contributed by atoms with Gasteiger partial charge in [-0.3, -0.25) is 9.59 Å². The number of halogens is 1. The van der Waals surface area contributed by atoms with Gasteiger partial charge in [0.05, 0.1) is 0 Å². The van der Waals surface area contributed by atoms with Crippen LogP contribution >= 0.6 is 11.6 Å². The molecule has 0 heterocycles. The van der Waals surface area contributed by atoms with E-state index in [2.05, 4.69) is 22.8 Å². The van der Waals surface area contributed by atoms with Gasteiger partial charge >= 0.3 is 0 Å². The first-order valence-electron chi connectivity index (χ1n) is 9.27. The second kappa shape index (κ2) is 10.1. The summed E-state index contributed by atoms with van der Waals surface area (Å²) in [5.41, 5.74) is 1.73. The Kier molecular flexibility index (Phi) is 7.86. The quantitative estimate of drug-likeness (QED) is 0.713. The Bertz CT molecular complexity index is 745. The van der Waals surface area contributed by atoms with Gasteiger partial charge in [-0.05, 0) is 55.5 Å². The molecule has 2 rings (SSSR count). The molecule has 2 atom stereocenters. The van der Waals surface area contributed by atoms with E-state index >= 15 is 0 Å². The van der Waals surface area contributed by atoms with Gasteiger partial charge in [-0.25, -0.2) is 0 Å². The molecule has 0 bridgehead atoms. The van der Waals surface area contributed by atoms with Crippen molar-refractivity contribution in [3.8, 4) is 0 Å². The lowest BCUT2D eigenvalue weighted by molar-refractivity contribution is -0.124. The number of amides is 2. The highest BCUT2D eigenvalue weighted by Gasteiger charge is 2.25. The average molecular weight is 387 g/mol. The van der Waals surface area contributed by atoms with E-state index < -0.39 is 6.04 Å². The molecule has 27 heavy (non-hydrogen) atoms. The van der Waals surface area contributed by atoms with Gasteiger partial charge in [0.15, 0.2) is 0 Å². The molecule has 0 aliphatic carbocycles. The van der Waals surface area contributed by atoms with E-state index in [1.165, 1.54) is 5.56 Å². The van der Waals surface area contributed by atoms with Gasteiger partial charge in [0.1, 0.15) is 6.04 Å². The molecular formula is C22H27ClN2O2. The summed E-state index contributed by atoms with van der Waals surface area (Å²) in [7, 11) is 0. The van der Waals surface area contributed by atoms with E-state index in [0.717, 1.165) is 12.8 Å². The van der Waals surface area contributed by atoms with Crippen molar-refractivity contribution in [3.63, 3.8) is 0 Å². The van der Waals surface area contributed by atoms with Crippen molar-refractivity contribution in [2.24, 2.45) is 5.92 Å². The van der Waals surface area contributed by atoms with Crippen LogP contribution in [0.4, 0.5) is 0 Å². The highest BCUT2D eigenvalue weighted by atomic mass is 35.5. The molecule has 0 radical (unpaired) electrons. The van der Waals surface area contributed by atoms with E-state index in [0.29, 0.717) is 10.6 Å². The molecule has 0 saturated heterocycles. The van der Waals surface area contributed by atoms with Crippen LogP contribution in [0.5, 0.6) is 0 Å². The van der Waals surface area contributed by atoms with Crippen LogP contribution < -0.4 is 10.6 Å². The first-order chi connectivity index (χ1) is 12.9. The Hall–Kier alpha value is -2.33. The molecule has 0 aliphatic heterocycles. The monoisotopic (exact) mass is 386 g/mol. The van der Waals surface area contributed by atoms with Gasteiger partial charge in [-0.2, -0.15) is 0 Å². The van der Waals surface area contributed by atoms with E-state index in [4.69, 9.17) is 11.6 Å². The fraction of sp³-hybridized carbons (Fsp3) is 0.364. The first kappa shape index (κ1) is 21.0. The summed E-state index contributed by atoms with van der Waals surface area (Å²) in [5, 5.41) is 6.43. The molecular weight excluding hydrogens is 360 g/mol. The summed E-state index contributed by atoms with van der Waals surface area (Å²) in [4.78, 5) is 25.1. The SMILES string of the molecule is CC(CCc1ccccc1)NC(=O)[C@H](NC(=O)c1ccc(Cl)cc1)C(C)C. The van der Waals surface area contributed by atoms with Crippen LogP contribution in [0.15, 0.2) is 54.6 Å². The Labute approximate surface area is 166 Å². The average Bonchev–Trinajstić information content (AvgIpc) is 2.65. The maximum Gasteiger partial charge on any atom is 0.251 e. The predicted molar refractivity (Wildman–Crippen MR) is 110 cm³/mol. The van der Waals surface area contributed by atoms with Crippen molar-refractivity contribution >= 4 is 23.4 Å². The molecule has 1 unspecified atom stereocenters. The van der Waals surface area contributed by atoms with Gasteiger partial charge in [0.25, 0.3) is 5.91 Å². The van der Waals surface area contributed by atoms with Crippen molar-refractivity contribution in [3.05, 3.63) is 70.7 Å². The summed E-state index contributed by atoms with van der Waals surface area (Å²) >= 11 is 5.86. The van der Waals surface area contributed by atoms with E-state index in [-0.39, 0.29) is 23.8 Å². The van der Waals surface area contributed by atoms with Crippen LogP contribution in [0, 0.1) is 5.92 Å². The van der Waals surface area contributed by atoms with E-state index in [1.807, 2.05) is 39.0 Å². The van der Waals surface area contributed by atoms with E-state index in [1.54, 1.807) is 24.3 Å². The Balaban J connectivity index is 1.91. The third-order valence-corrected chi connectivity index (χ3v) is 4.69. The maximum absolute atomic E-state index is 12.7. The lowest BCUT2D eigenvalue weighted by Gasteiger charge is -2.24. The second-order valence-corrected chi connectivity index (χ2v) is 7.57. The Morgan fingerprint density at radius 1 is 0.926 bits per heavy atom. The molecule has 0 aromatic heterocycles. The van der Waals surface area contributed by atoms with E-state index in [9.17, 15) is 9.59 Å². The molecule has 0 spiro atoms. The lowest BCUT2D eigenvalue weighted by atomic mass is 10.0. The molecule has 2 amide bonds. The lowest BCUT2D eigenvalue weighted by Crippen LogP contribution is -2.51. The summed E-state index contributed by atoms with van der Waals surface area (Å²) < 4.78 is 0. The zero-order valence-electron chi connectivity index (χ0n) is 16.0. The summed E-state index contributed by atoms with van der Waals surface area (Å²) in [6.45, 7) is 5.82. The zero-order valence-corrected chi connectivity index (χ0v) is 16.8. The van der Waals surface area contributed by atoms with Crippen LogP contribution in [-0.2, 0) is 11.2 Å². The largest absolute Gasteiger partial charge is 0.352 e. The van der Waals surface area contributed by atoms with Crippen molar-refractivity contribution in [1.29, 1.82) is 0 Å². The standard InChI is InChI=1S/C22H27ClN2O2/c1-15(2)20(25-21(26)18-11-13-19(23)14-12-18)22(27)24-16(3)9-10-17-7-5-4-6-8-17/h4-8,11-16,20H,9-10H2,1-3H3,(H,24,27)(H,25,26)/t16?,20-/m1/s1. The van der Waals surface area contributed by atoms with Crippen molar-refractivity contribution in [2.45, 2.75) is 45.7 Å². The number of carbonyl (C=O) groups excluding carboxylic acids is 2. The smallest absolute Gasteiger partial charge is 0.251 e. The highest BCUT2D eigenvalue weighted by Crippen LogP contribution is 2.11. The molecule has 2 aromatic rings. The Morgan fingerprint density at radius 2 is 1.56 bits per heavy atom. The van der Waals surface area contributed by atoms with Gasteiger partial charge in [-0.15, -0.1) is 0 Å². The molecule has 0 aliphatic rings. The normalized spacial score (nSPS) is 13.1. The van der Waals surface area contributed by atoms with Crippen LogP contribution in [0.3, 0.4) is 0 Å². The minimum absolute atomic E-state index is 0.0198. The fourth-order valence-electron chi connectivity index (χ4n) is 2.79. The van der Waals surface area contributed by atoms with Gasteiger partial charge < -0.3 is 10.6 Å². The number of hydrogen-bond donors (Lipinski definition) is 2. The summed E-state index contributed by atoms with van der Waals surface area (Å²) in [6.07, 6.45) is 1.73. The zero-order chi connectivity index (χ0) is 19.8. The second-order valence-electron chi connectivity index (χ2n) is 7.14. The number of rotatable bonds is 8. The summed E-state index contributed by atoms with van der Waals surface area (Å²) in [5.74, 6) is -0.465. The minimum Gasteiger partial charge on any atom is -0.352 e. The van der Waals surface area contributed by atoms with Crippen molar-refractivity contribution < 1.29 is 9.59 Å². The van der Waals surface area contributed by atoms with Gasteiger partial charge in [0.2, 0.25) is 5.91 Å². The molecule has 4 nitrogen and oxygen atoms in total. The van der Waals surface area contributed by atoms with Gasteiger partial charge in [0, 0.05) is 16.6 Å². The van der Waals surface area contributed by atoms with Crippen LogP contribution in [0.1, 0.15) is 43.1 Å². The predicted octanol–water partition coefficient (Wildman–Crippen LogP) is 4.23. The van der Waals surface area contributed by atoms with Crippen molar-refractivity contribution in [1.82, 2.24) is 10.6 Å². The number of hydrogen-bond acceptors (Lipinski definition) is 2. The van der Waals surface area contributed by atoms with Crippen LogP contribution in [0.25, 0.3) is 0 Å². The summed E-state index contributed by atoms with van der Waals surface area (Å²) in [6, 6.07) is 16.2. The maximum atomic E-state index is 12.7. The Morgan fingerprint density at radius 3 is 2.15 bits per heavy atom. The third-order valence-electron chi connectivity index (χ3n) is 4.44. The van der Waals surface area contributed by atoms with Crippen LogP contribution in [-0.4, -0.2) is 23.9 Å². The number of benzene rings is 2. The van der Waals surface area contributed by atoms with Gasteiger partial charge in [-0.1, -0.05) is 55.8 Å². The molecule has 144 valence electrons. The number of nitrogens with one attached hydrogen (secondary N) is 2. The molecule has 2 aromatic carbocycles. The third kappa shape index (κ3) is 6.72. The minimum atomic E-state index is -0.590. The first-order valence-corrected chi connectivity index (χ1v) is 9.65. The number of aryl methyl sites for hydroxylation is 1. The highest BCUT2D eigenvalue weighted by molar-refractivity contribution is 6.30. The molecule has 2 N–H and O–H groups in total. The van der Waals surface area contributed by atoms with Crippen molar-refractivity contribution in [2.75, 3.05) is 0 Å². The molecule has 0 fully saturated rings. The molecule has 0 saturated carbocycles. The number of carbonyl (C=O) groups is 2. The topological polar surface area (TPSA) is 58.2 Å². The van der Waals surface area contributed by atoms with Crippen LogP contribution in [0.2, 0.25) is 5.02 Å².